The third-order valence-corrected chi connectivity index (χ3v) is 3.72. The average Bonchev–Trinajstić information content (AvgIpc) is 2.42. The summed E-state index contributed by atoms with van der Waals surface area (Å²) in [6.07, 6.45) is 1.17. The quantitative estimate of drug-likeness (QED) is 0.895. The van der Waals surface area contributed by atoms with Gasteiger partial charge in [-0.3, -0.25) is 0 Å². The first-order valence-electron chi connectivity index (χ1n) is 6.95. The summed E-state index contributed by atoms with van der Waals surface area (Å²) in [4.78, 5) is 15.2. The Hall–Kier alpha value is -1.59. The zero-order valence-corrected chi connectivity index (χ0v) is 12.2. The van der Waals surface area contributed by atoms with Crippen LogP contribution in [0.5, 0.6) is 6.01 Å². The predicted octanol–water partition coefficient (Wildman–Crippen LogP) is 1.79. The molecule has 6 heteroatoms. The van der Waals surface area contributed by atoms with Gasteiger partial charge in [-0.1, -0.05) is 13.8 Å². The first kappa shape index (κ1) is 13.8. The van der Waals surface area contributed by atoms with Gasteiger partial charge in [-0.25, -0.2) is 0 Å². The van der Waals surface area contributed by atoms with E-state index >= 15 is 0 Å². The zero-order chi connectivity index (χ0) is 13.8. The summed E-state index contributed by atoms with van der Waals surface area (Å²) in [7, 11) is 1.80. The van der Waals surface area contributed by atoms with Gasteiger partial charge in [0.1, 0.15) is 0 Å². The molecule has 0 saturated carbocycles. The highest BCUT2D eigenvalue weighted by atomic mass is 16.5. The second-order valence-corrected chi connectivity index (χ2v) is 5.11. The van der Waals surface area contributed by atoms with Crippen molar-refractivity contribution in [1.82, 2.24) is 15.0 Å². The molecule has 2 atom stereocenters. The summed E-state index contributed by atoms with van der Waals surface area (Å²) in [6.45, 7) is 9.04. The molecule has 1 aromatic rings. The Balaban J connectivity index is 2.20. The fraction of sp³-hybridized carbons (Fsp3) is 0.769. The van der Waals surface area contributed by atoms with Crippen LogP contribution in [-0.4, -0.2) is 41.7 Å². The molecule has 2 rings (SSSR count). The molecule has 2 unspecified atom stereocenters. The van der Waals surface area contributed by atoms with E-state index in [1.807, 2.05) is 6.92 Å². The standard InChI is InChI=1S/C13H23N5O/c1-5-19-13-16-11(14-4)15-12(17-13)18-7-6-9(2)10(3)8-18/h9-10H,5-8H2,1-4H3,(H,14,15,16,17). The maximum Gasteiger partial charge on any atom is 0.323 e. The minimum Gasteiger partial charge on any atom is -0.464 e. The maximum absolute atomic E-state index is 5.40. The van der Waals surface area contributed by atoms with Gasteiger partial charge >= 0.3 is 6.01 Å². The molecule has 1 aliphatic heterocycles. The molecule has 2 heterocycles. The Morgan fingerprint density at radius 2 is 2.05 bits per heavy atom. The molecule has 106 valence electrons. The van der Waals surface area contributed by atoms with Gasteiger partial charge in [0.05, 0.1) is 6.61 Å². The van der Waals surface area contributed by atoms with Gasteiger partial charge in [0.2, 0.25) is 11.9 Å². The van der Waals surface area contributed by atoms with E-state index in [1.165, 1.54) is 6.42 Å². The highest BCUT2D eigenvalue weighted by molar-refractivity contribution is 5.38. The van der Waals surface area contributed by atoms with Gasteiger partial charge in [-0.15, -0.1) is 0 Å². The molecule has 0 bridgehead atoms. The summed E-state index contributed by atoms with van der Waals surface area (Å²) < 4.78 is 5.40. The maximum atomic E-state index is 5.40. The number of nitrogens with zero attached hydrogens (tertiary/aromatic N) is 4. The van der Waals surface area contributed by atoms with Crippen molar-refractivity contribution in [1.29, 1.82) is 0 Å². The smallest absolute Gasteiger partial charge is 0.323 e. The van der Waals surface area contributed by atoms with E-state index in [0.29, 0.717) is 30.4 Å². The number of ether oxygens (including phenoxy) is 1. The Bertz CT molecular complexity index is 425. The van der Waals surface area contributed by atoms with E-state index in [4.69, 9.17) is 4.74 Å². The van der Waals surface area contributed by atoms with Crippen molar-refractivity contribution in [3.8, 4) is 6.01 Å². The lowest BCUT2D eigenvalue weighted by Gasteiger charge is -2.35. The molecule has 1 fully saturated rings. The Morgan fingerprint density at radius 3 is 2.68 bits per heavy atom. The Morgan fingerprint density at radius 1 is 1.26 bits per heavy atom. The molecule has 0 amide bonds. The van der Waals surface area contributed by atoms with Gasteiger partial charge in [0.15, 0.2) is 0 Å². The first-order valence-corrected chi connectivity index (χ1v) is 6.95. The van der Waals surface area contributed by atoms with Gasteiger partial charge in [-0.2, -0.15) is 15.0 Å². The van der Waals surface area contributed by atoms with E-state index in [2.05, 4.69) is 39.0 Å². The van der Waals surface area contributed by atoms with Crippen LogP contribution in [0.3, 0.4) is 0 Å². The van der Waals surface area contributed by atoms with Crippen LogP contribution in [0.1, 0.15) is 27.2 Å². The van der Waals surface area contributed by atoms with Crippen molar-refractivity contribution in [3.63, 3.8) is 0 Å². The number of nitrogens with one attached hydrogen (secondary N) is 1. The molecule has 0 aliphatic carbocycles. The summed E-state index contributed by atoms with van der Waals surface area (Å²) in [5, 5.41) is 2.96. The second kappa shape index (κ2) is 6.04. The van der Waals surface area contributed by atoms with Gasteiger partial charge < -0.3 is 15.0 Å². The Labute approximate surface area is 114 Å². The molecular weight excluding hydrogens is 242 g/mol. The van der Waals surface area contributed by atoms with Crippen molar-refractivity contribution in [2.24, 2.45) is 11.8 Å². The minimum atomic E-state index is 0.392. The largest absolute Gasteiger partial charge is 0.464 e. The van der Waals surface area contributed by atoms with E-state index in [0.717, 1.165) is 19.0 Å². The molecule has 0 spiro atoms. The molecule has 19 heavy (non-hydrogen) atoms. The van der Waals surface area contributed by atoms with Crippen molar-refractivity contribution >= 4 is 11.9 Å². The van der Waals surface area contributed by atoms with E-state index in [-0.39, 0.29) is 0 Å². The molecule has 0 aromatic carbocycles. The highest BCUT2D eigenvalue weighted by Gasteiger charge is 2.25. The van der Waals surface area contributed by atoms with Crippen LogP contribution in [0.4, 0.5) is 11.9 Å². The number of anilines is 2. The van der Waals surface area contributed by atoms with Gasteiger partial charge in [0, 0.05) is 20.1 Å². The molecule has 1 aromatic heterocycles. The van der Waals surface area contributed by atoms with Crippen LogP contribution in [0.25, 0.3) is 0 Å². The normalized spacial score (nSPS) is 23.3. The van der Waals surface area contributed by atoms with E-state index in [1.54, 1.807) is 7.05 Å². The van der Waals surface area contributed by atoms with Crippen molar-refractivity contribution in [2.45, 2.75) is 27.2 Å². The van der Waals surface area contributed by atoms with Crippen LogP contribution < -0.4 is 15.0 Å². The molecule has 6 nitrogen and oxygen atoms in total. The lowest BCUT2D eigenvalue weighted by atomic mass is 9.89. The number of hydrogen-bond acceptors (Lipinski definition) is 6. The zero-order valence-electron chi connectivity index (χ0n) is 12.2. The third-order valence-electron chi connectivity index (χ3n) is 3.72. The SMILES string of the molecule is CCOc1nc(NC)nc(N2CCC(C)C(C)C2)n1. The fourth-order valence-corrected chi connectivity index (χ4v) is 2.24. The number of piperidine rings is 1. The van der Waals surface area contributed by atoms with E-state index in [9.17, 15) is 0 Å². The molecule has 0 radical (unpaired) electrons. The molecule has 1 saturated heterocycles. The van der Waals surface area contributed by atoms with E-state index < -0.39 is 0 Å². The number of rotatable bonds is 4. The van der Waals surface area contributed by atoms with Crippen molar-refractivity contribution < 1.29 is 4.74 Å². The molecular formula is C13H23N5O. The summed E-state index contributed by atoms with van der Waals surface area (Å²) in [5.74, 6) is 2.67. The summed E-state index contributed by atoms with van der Waals surface area (Å²) >= 11 is 0. The monoisotopic (exact) mass is 265 g/mol. The number of aromatic nitrogens is 3. The topological polar surface area (TPSA) is 63.2 Å². The lowest BCUT2D eigenvalue weighted by molar-refractivity contribution is 0.306. The molecule has 1 aliphatic rings. The summed E-state index contributed by atoms with van der Waals surface area (Å²) in [6, 6.07) is 0.392. The van der Waals surface area contributed by atoms with Crippen LogP contribution in [0.2, 0.25) is 0 Å². The van der Waals surface area contributed by atoms with Gasteiger partial charge in [0.25, 0.3) is 0 Å². The van der Waals surface area contributed by atoms with Gasteiger partial charge in [-0.05, 0) is 25.2 Å². The predicted molar refractivity (Wildman–Crippen MR) is 75.7 cm³/mol. The lowest BCUT2D eigenvalue weighted by Crippen LogP contribution is -2.39. The van der Waals surface area contributed by atoms with Crippen LogP contribution in [-0.2, 0) is 0 Å². The summed E-state index contributed by atoms with van der Waals surface area (Å²) in [5.41, 5.74) is 0. The van der Waals surface area contributed by atoms with Crippen LogP contribution in [0, 0.1) is 11.8 Å². The minimum absolute atomic E-state index is 0.392. The second-order valence-electron chi connectivity index (χ2n) is 5.11. The molecule has 1 N–H and O–H groups in total. The van der Waals surface area contributed by atoms with Crippen molar-refractivity contribution in [2.75, 3.05) is 37.0 Å². The number of hydrogen-bond donors (Lipinski definition) is 1. The average molecular weight is 265 g/mol. The van der Waals surface area contributed by atoms with Crippen LogP contribution in [0.15, 0.2) is 0 Å². The van der Waals surface area contributed by atoms with Crippen molar-refractivity contribution in [3.05, 3.63) is 0 Å². The Kier molecular flexibility index (Phi) is 4.39. The highest BCUT2D eigenvalue weighted by Crippen LogP contribution is 2.26. The fourth-order valence-electron chi connectivity index (χ4n) is 2.24. The third kappa shape index (κ3) is 3.24. The first-order chi connectivity index (χ1) is 9.13. The van der Waals surface area contributed by atoms with Crippen LogP contribution >= 0.6 is 0 Å².